The molecule has 112 valence electrons. The molecule has 21 heavy (non-hydrogen) atoms. The van der Waals surface area contributed by atoms with Crippen LogP contribution < -0.4 is 4.74 Å². The molecule has 1 heterocycles. The number of carboxylic acids is 1. The van der Waals surface area contributed by atoms with Crippen LogP contribution in [0.15, 0.2) is 41.8 Å². The molecule has 1 aromatic heterocycles. The monoisotopic (exact) mass is 306 g/mol. The van der Waals surface area contributed by atoms with E-state index in [0.29, 0.717) is 19.0 Å². The van der Waals surface area contributed by atoms with Crippen LogP contribution in [0.4, 0.5) is 0 Å². The summed E-state index contributed by atoms with van der Waals surface area (Å²) >= 11 is 1.75. The SMILES string of the molecule is O=C(O)c1ccc(OCCCOCCc2cccs2)cc1. The van der Waals surface area contributed by atoms with Crippen molar-refractivity contribution in [1.82, 2.24) is 0 Å². The fourth-order valence-corrected chi connectivity index (χ4v) is 2.46. The van der Waals surface area contributed by atoms with Gasteiger partial charge in [-0.15, -0.1) is 11.3 Å². The zero-order valence-corrected chi connectivity index (χ0v) is 12.5. The van der Waals surface area contributed by atoms with E-state index in [0.717, 1.165) is 19.4 Å². The van der Waals surface area contributed by atoms with E-state index < -0.39 is 5.97 Å². The van der Waals surface area contributed by atoms with Crippen molar-refractivity contribution in [3.05, 3.63) is 52.2 Å². The van der Waals surface area contributed by atoms with Gasteiger partial charge in [-0.2, -0.15) is 0 Å². The van der Waals surface area contributed by atoms with Crippen LogP contribution in [-0.4, -0.2) is 30.9 Å². The fourth-order valence-electron chi connectivity index (χ4n) is 1.77. The number of thiophene rings is 1. The first-order chi connectivity index (χ1) is 10.3. The van der Waals surface area contributed by atoms with Gasteiger partial charge in [0.15, 0.2) is 0 Å². The summed E-state index contributed by atoms with van der Waals surface area (Å²) in [5.41, 5.74) is 0.263. The van der Waals surface area contributed by atoms with Crippen LogP contribution in [0.5, 0.6) is 5.75 Å². The first kappa shape index (κ1) is 15.5. The molecule has 0 amide bonds. The highest BCUT2D eigenvalue weighted by atomic mass is 32.1. The Kier molecular flexibility index (Phi) is 6.24. The lowest BCUT2D eigenvalue weighted by atomic mass is 10.2. The van der Waals surface area contributed by atoms with Gasteiger partial charge in [-0.05, 0) is 35.7 Å². The topological polar surface area (TPSA) is 55.8 Å². The number of aromatic carboxylic acids is 1. The summed E-state index contributed by atoms with van der Waals surface area (Å²) in [6.07, 6.45) is 1.76. The number of hydrogen-bond acceptors (Lipinski definition) is 4. The van der Waals surface area contributed by atoms with Crippen molar-refractivity contribution in [2.75, 3.05) is 19.8 Å². The number of rotatable bonds is 9. The maximum atomic E-state index is 10.7. The summed E-state index contributed by atoms with van der Waals surface area (Å²) in [5, 5.41) is 10.9. The zero-order valence-electron chi connectivity index (χ0n) is 11.7. The summed E-state index contributed by atoms with van der Waals surface area (Å²) < 4.78 is 11.1. The first-order valence-corrected chi connectivity index (χ1v) is 7.70. The Morgan fingerprint density at radius 1 is 1.10 bits per heavy atom. The first-order valence-electron chi connectivity index (χ1n) is 6.82. The predicted octanol–water partition coefficient (Wildman–Crippen LogP) is 3.47. The zero-order chi connectivity index (χ0) is 14.9. The van der Waals surface area contributed by atoms with Crippen molar-refractivity contribution in [3.63, 3.8) is 0 Å². The Balaban J connectivity index is 1.54. The molecule has 1 aromatic carbocycles. The molecule has 0 spiro atoms. The number of benzene rings is 1. The highest BCUT2D eigenvalue weighted by Gasteiger charge is 2.02. The van der Waals surface area contributed by atoms with Gasteiger partial charge in [0.05, 0.1) is 18.8 Å². The fraction of sp³-hybridized carbons (Fsp3) is 0.312. The van der Waals surface area contributed by atoms with Gasteiger partial charge in [0.25, 0.3) is 0 Å². The average Bonchev–Trinajstić information content (AvgIpc) is 3.00. The molecular weight excluding hydrogens is 288 g/mol. The van der Waals surface area contributed by atoms with E-state index in [1.165, 1.54) is 17.0 Å². The van der Waals surface area contributed by atoms with Gasteiger partial charge in [-0.1, -0.05) is 6.07 Å². The highest BCUT2D eigenvalue weighted by molar-refractivity contribution is 7.09. The molecule has 2 aromatic rings. The van der Waals surface area contributed by atoms with E-state index in [1.54, 1.807) is 23.5 Å². The minimum absolute atomic E-state index is 0.263. The Hall–Kier alpha value is -1.85. The maximum absolute atomic E-state index is 10.7. The molecule has 0 radical (unpaired) electrons. The normalized spacial score (nSPS) is 10.5. The highest BCUT2D eigenvalue weighted by Crippen LogP contribution is 2.12. The summed E-state index contributed by atoms with van der Waals surface area (Å²) in [4.78, 5) is 12.0. The molecule has 4 nitrogen and oxygen atoms in total. The number of carbonyl (C=O) groups is 1. The van der Waals surface area contributed by atoms with E-state index in [-0.39, 0.29) is 5.56 Å². The van der Waals surface area contributed by atoms with Gasteiger partial charge in [-0.25, -0.2) is 4.79 Å². The van der Waals surface area contributed by atoms with Gasteiger partial charge in [-0.3, -0.25) is 0 Å². The number of hydrogen-bond donors (Lipinski definition) is 1. The summed E-state index contributed by atoms with van der Waals surface area (Å²) in [6, 6.07) is 10.6. The van der Waals surface area contributed by atoms with Crippen molar-refractivity contribution in [3.8, 4) is 5.75 Å². The van der Waals surface area contributed by atoms with Crippen LogP contribution in [0, 0.1) is 0 Å². The predicted molar refractivity (Wildman–Crippen MR) is 82.4 cm³/mol. The third-order valence-corrected chi connectivity index (χ3v) is 3.81. The standard InChI is InChI=1S/C16H18O4S/c17-16(18)13-4-6-14(7-5-13)20-10-2-9-19-11-8-15-3-1-12-21-15/h1,3-7,12H,2,8-11H2,(H,17,18). The van der Waals surface area contributed by atoms with Crippen LogP contribution in [0.2, 0.25) is 0 Å². The molecule has 0 aliphatic carbocycles. The second kappa shape index (κ2) is 8.44. The molecule has 5 heteroatoms. The molecule has 0 atom stereocenters. The lowest BCUT2D eigenvalue weighted by Gasteiger charge is -2.07. The van der Waals surface area contributed by atoms with E-state index in [9.17, 15) is 4.79 Å². The van der Waals surface area contributed by atoms with Crippen LogP contribution in [-0.2, 0) is 11.2 Å². The average molecular weight is 306 g/mol. The van der Waals surface area contributed by atoms with E-state index in [1.807, 2.05) is 6.07 Å². The summed E-state index contributed by atoms with van der Waals surface area (Å²) in [5.74, 6) is -0.251. The summed E-state index contributed by atoms with van der Waals surface area (Å²) in [7, 11) is 0. The Labute approximate surface area is 128 Å². The van der Waals surface area contributed by atoms with Gasteiger partial charge in [0.2, 0.25) is 0 Å². The number of carboxylic acid groups (broad SMARTS) is 1. The number of ether oxygens (including phenoxy) is 2. The lowest BCUT2D eigenvalue weighted by Crippen LogP contribution is -2.05. The lowest BCUT2D eigenvalue weighted by molar-refractivity contribution is 0.0697. The molecule has 2 rings (SSSR count). The van der Waals surface area contributed by atoms with E-state index >= 15 is 0 Å². The molecule has 0 aliphatic heterocycles. The van der Waals surface area contributed by atoms with Crippen molar-refractivity contribution in [2.45, 2.75) is 12.8 Å². The second-order valence-corrected chi connectivity index (χ2v) is 5.51. The van der Waals surface area contributed by atoms with Crippen LogP contribution in [0.1, 0.15) is 21.7 Å². The van der Waals surface area contributed by atoms with Crippen LogP contribution >= 0.6 is 11.3 Å². The molecule has 0 saturated carbocycles. The van der Waals surface area contributed by atoms with Gasteiger partial charge in [0, 0.05) is 24.3 Å². The smallest absolute Gasteiger partial charge is 0.335 e. The minimum Gasteiger partial charge on any atom is -0.494 e. The van der Waals surface area contributed by atoms with Gasteiger partial charge < -0.3 is 14.6 Å². The van der Waals surface area contributed by atoms with Crippen molar-refractivity contribution in [2.24, 2.45) is 0 Å². The third-order valence-electron chi connectivity index (χ3n) is 2.88. The van der Waals surface area contributed by atoms with E-state index in [4.69, 9.17) is 14.6 Å². The molecule has 0 unspecified atom stereocenters. The Morgan fingerprint density at radius 2 is 1.90 bits per heavy atom. The Bertz CT molecular complexity index is 534. The maximum Gasteiger partial charge on any atom is 0.335 e. The van der Waals surface area contributed by atoms with Gasteiger partial charge >= 0.3 is 5.97 Å². The molecule has 0 aliphatic rings. The molecule has 1 N–H and O–H groups in total. The third kappa shape index (κ3) is 5.57. The quantitative estimate of drug-likeness (QED) is 0.721. The minimum atomic E-state index is -0.930. The van der Waals surface area contributed by atoms with Crippen molar-refractivity contribution < 1.29 is 19.4 Å². The molecule has 0 saturated heterocycles. The van der Waals surface area contributed by atoms with Crippen LogP contribution in [0.3, 0.4) is 0 Å². The molecule has 0 fully saturated rings. The Morgan fingerprint density at radius 3 is 2.57 bits per heavy atom. The molecular formula is C16H18O4S. The van der Waals surface area contributed by atoms with Gasteiger partial charge in [0.1, 0.15) is 5.75 Å². The van der Waals surface area contributed by atoms with E-state index in [2.05, 4.69) is 11.4 Å². The van der Waals surface area contributed by atoms with Crippen molar-refractivity contribution in [1.29, 1.82) is 0 Å². The van der Waals surface area contributed by atoms with Crippen LogP contribution in [0.25, 0.3) is 0 Å². The second-order valence-electron chi connectivity index (χ2n) is 4.47. The van der Waals surface area contributed by atoms with Crippen molar-refractivity contribution >= 4 is 17.3 Å². The largest absolute Gasteiger partial charge is 0.494 e. The molecule has 0 bridgehead atoms. The summed E-state index contributed by atoms with van der Waals surface area (Å²) in [6.45, 7) is 1.96.